The maximum Gasteiger partial charge on any atom is 0.270 e. The molecule has 0 atom stereocenters. The molecule has 0 heterocycles. The first kappa shape index (κ1) is 17.0. The van der Waals surface area contributed by atoms with Crippen LogP contribution in [0.4, 0.5) is 11.4 Å². The Hall–Kier alpha value is -2.89. The van der Waals surface area contributed by atoms with Crippen molar-refractivity contribution in [2.45, 2.75) is 38.0 Å². The molecule has 3 rings (SSSR count). The van der Waals surface area contributed by atoms with Crippen LogP contribution in [0.15, 0.2) is 42.5 Å². The molecule has 0 bridgehead atoms. The summed E-state index contributed by atoms with van der Waals surface area (Å²) >= 11 is 0. The van der Waals surface area contributed by atoms with E-state index in [2.05, 4.69) is 5.32 Å². The molecule has 0 aliphatic heterocycles. The molecule has 2 aromatic carbocycles. The van der Waals surface area contributed by atoms with Crippen LogP contribution < -0.4 is 5.32 Å². The van der Waals surface area contributed by atoms with Crippen molar-refractivity contribution in [3.8, 4) is 5.75 Å². The van der Waals surface area contributed by atoms with Gasteiger partial charge in [-0.15, -0.1) is 0 Å². The zero-order valence-electron chi connectivity index (χ0n) is 13.8. The van der Waals surface area contributed by atoms with Gasteiger partial charge in [0.1, 0.15) is 5.75 Å². The standard InChI is InChI=1S/C19H20N2O4/c22-18-11-10-16(21(24)25)12-17(18)19(23)20-15-8-6-14(7-9-15)13-4-2-1-3-5-13/h6-13,22H,1-5H2,(H,20,23). The van der Waals surface area contributed by atoms with Gasteiger partial charge in [0, 0.05) is 17.8 Å². The lowest BCUT2D eigenvalue weighted by Crippen LogP contribution is -2.12. The predicted molar refractivity (Wildman–Crippen MR) is 95.0 cm³/mol. The number of nitrogens with one attached hydrogen (secondary N) is 1. The molecule has 0 aromatic heterocycles. The Kier molecular flexibility index (Phi) is 4.97. The van der Waals surface area contributed by atoms with Crippen molar-refractivity contribution in [3.05, 3.63) is 63.7 Å². The van der Waals surface area contributed by atoms with E-state index in [-0.39, 0.29) is 17.0 Å². The second-order valence-electron chi connectivity index (χ2n) is 6.37. The molecule has 1 aliphatic rings. The highest BCUT2D eigenvalue weighted by Gasteiger charge is 2.18. The quantitative estimate of drug-likeness (QED) is 0.628. The number of phenolic OH excluding ortho intramolecular Hbond substituents is 1. The Morgan fingerprint density at radius 2 is 1.76 bits per heavy atom. The van der Waals surface area contributed by atoms with Crippen molar-refractivity contribution in [2.75, 3.05) is 5.32 Å². The third-order valence-corrected chi connectivity index (χ3v) is 4.68. The van der Waals surface area contributed by atoms with Gasteiger partial charge >= 0.3 is 0 Å². The van der Waals surface area contributed by atoms with E-state index in [0.717, 1.165) is 18.2 Å². The third-order valence-electron chi connectivity index (χ3n) is 4.68. The highest BCUT2D eigenvalue weighted by Crippen LogP contribution is 2.33. The van der Waals surface area contributed by atoms with Crippen LogP contribution in [-0.2, 0) is 0 Å². The van der Waals surface area contributed by atoms with Gasteiger partial charge in [0.15, 0.2) is 0 Å². The Bertz CT molecular complexity index is 781. The number of carbonyl (C=O) groups excluding carboxylic acids is 1. The fraction of sp³-hybridized carbons (Fsp3) is 0.316. The topological polar surface area (TPSA) is 92.5 Å². The summed E-state index contributed by atoms with van der Waals surface area (Å²) in [5, 5.41) is 23.3. The summed E-state index contributed by atoms with van der Waals surface area (Å²) in [5.74, 6) is -0.284. The number of amides is 1. The fourth-order valence-corrected chi connectivity index (χ4v) is 3.29. The van der Waals surface area contributed by atoms with Crippen LogP contribution in [0.2, 0.25) is 0 Å². The molecule has 25 heavy (non-hydrogen) atoms. The molecular formula is C19H20N2O4. The largest absolute Gasteiger partial charge is 0.507 e. The van der Waals surface area contributed by atoms with Gasteiger partial charge in [-0.2, -0.15) is 0 Å². The second-order valence-corrected chi connectivity index (χ2v) is 6.37. The minimum atomic E-state index is -0.602. The Morgan fingerprint density at radius 3 is 2.40 bits per heavy atom. The molecule has 1 fully saturated rings. The summed E-state index contributed by atoms with van der Waals surface area (Å²) < 4.78 is 0. The summed E-state index contributed by atoms with van der Waals surface area (Å²) in [7, 11) is 0. The number of carbonyl (C=O) groups is 1. The molecule has 1 amide bonds. The van der Waals surface area contributed by atoms with E-state index < -0.39 is 10.8 Å². The van der Waals surface area contributed by atoms with Crippen molar-refractivity contribution in [1.82, 2.24) is 0 Å². The van der Waals surface area contributed by atoms with Crippen molar-refractivity contribution in [2.24, 2.45) is 0 Å². The molecule has 0 spiro atoms. The van der Waals surface area contributed by atoms with Crippen LogP contribution in [0.3, 0.4) is 0 Å². The van der Waals surface area contributed by atoms with Crippen molar-refractivity contribution < 1.29 is 14.8 Å². The normalized spacial score (nSPS) is 14.9. The summed E-state index contributed by atoms with van der Waals surface area (Å²) in [6, 6.07) is 11.1. The molecule has 6 heteroatoms. The number of benzene rings is 2. The third kappa shape index (κ3) is 3.96. The van der Waals surface area contributed by atoms with E-state index in [1.165, 1.54) is 37.7 Å². The van der Waals surface area contributed by atoms with Crippen LogP contribution in [0.25, 0.3) is 0 Å². The average molecular weight is 340 g/mol. The average Bonchev–Trinajstić information content (AvgIpc) is 2.63. The van der Waals surface area contributed by atoms with Crippen LogP contribution in [0.5, 0.6) is 5.75 Å². The molecule has 6 nitrogen and oxygen atoms in total. The van der Waals surface area contributed by atoms with Crippen LogP contribution in [0, 0.1) is 10.1 Å². The van der Waals surface area contributed by atoms with E-state index in [4.69, 9.17) is 0 Å². The number of phenols is 1. The molecule has 1 aliphatic carbocycles. The summed E-state index contributed by atoms with van der Waals surface area (Å²) in [4.78, 5) is 22.5. The van der Waals surface area contributed by atoms with Gasteiger partial charge < -0.3 is 10.4 Å². The van der Waals surface area contributed by atoms with Crippen molar-refractivity contribution in [3.63, 3.8) is 0 Å². The molecule has 130 valence electrons. The summed E-state index contributed by atoms with van der Waals surface area (Å²) in [6.07, 6.45) is 6.22. The molecule has 1 saturated carbocycles. The van der Waals surface area contributed by atoms with E-state index in [1.807, 2.05) is 24.3 Å². The van der Waals surface area contributed by atoms with E-state index in [9.17, 15) is 20.0 Å². The smallest absolute Gasteiger partial charge is 0.270 e. The lowest BCUT2D eigenvalue weighted by molar-refractivity contribution is -0.384. The number of hydrogen-bond acceptors (Lipinski definition) is 4. The lowest BCUT2D eigenvalue weighted by atomic mass is 9.84. The van der Waals surface area contributed by atoms with E-state index >= 15 is 0 Å². The summed E-state index contributed by atoms with van der Waals surface area (Å²) in [5.41, 5.74) is 1.51. The SMILES string of the molecule is O=C(Nc1ccc(C2CCCCC2)cc1)c1cc([N+](=O)[O-])ccc1O. The van der Waals surface area contributed by atoms with Gasteiger partial charge in [-0.25, -0.2) is 0 Å². The van der Waals surface area contributed by atoms with Gasteiger partial charge in [-0.05, 0) is 42.5 Å². The first-order chi connectivity index (χ1) is 12.0. The highest BCUT2D eigenvalue weighted by molar-refractivity contribution is 6.06. The molecular weight excluding hydrogens is 320 g/mol. The maximum absolute atomic E-state index is 12.3. The van der Waals surface area contributed by atoms with Crippen LogP contribution >= 0.6 is 0 Å². The molecule has 0 radical (unpaired) electrons. The number of nitro benzene ring substituents is 1. The monoisotopic (exact) mass is 340 g/mol. The number of anilines is 1. The Labute approximate surface area is 145 Å². The molecule has 0 saturated heterocycles. The highest BCUT2D eigenvalue weighted by atomic mass is 16.6. The first-order valence-corrected chi connectivity index (χ1v) is 8.43. The number of nitrogens with zero attached hydrogens (tertiary/aromatic N) is 1. The zero-order valence-corrected chi connectivity index (χ0v) is 13.8. The number of nitro groups is 1. The first-order valence-electron chi connectivity index (χ1n) is 8.43. The molecule has 2 N–H and O–H groups in total. The number of aromatic hydroxyl groups is 1. The zero-order chi connectivity index (χ0) is 17.8. The number of rotatable bonds is 4. The minimum Gasteiger partial charge on any atom is -0.507 e. The van der Waals surface area contributed by atoms with E-state index in [1.54, 1.807) is 0 Å². The molecule has 2 aromatic rings. The second kappa shape index (κ2) is 7.34. The van der Waals surface area contributed by atoms with Gasteiger partial charge in [-0.3, -0.25) is 14.9 Å². The van der Waals surface area contributed by atoms with Crippen molar-refractivity contribution >= 4 is 17.3 Å². The summed E-state index contributed by atoms with van der Waals surface area (Å²) in [6.45, 7) is 0. The number of hydrogen-bond donors (Lipinski definition) is 2. The van der Waals surface area contributed by atoms with Crippen molar-refractivity contribution in [1.29, 1.82) is 0 Å². The minimum absolute atomic E-state index is 0.120. The van der Waals surface area contributed by atoms with E-state index in [0.29, 0.717) is 11.6 Å². The predicted octanol–water partition coefficient (Wildman–Crippen LogP) is 4.60. The van der Waals surface area contributed by atoms with Crippen LogP contribution in [0.1, 0.15) is 53.9 Å². The fourth-order valence-electron chi connectivity index (χ4n) is 3.29. The maximum atomic E-state index is 12.3. The molecule has 0 unspecified atom stereocenters. The van der Waals surface area contributed by atoms with Gasteiger partial charge in [0.2, 0.25) is 0 Å². The van der Waals surface area contributed by atoms with Gasteiger partial charge in [-0.1, -0.05) is 31.4 Å². The Balaban J connectivity index is 1.72. The van der Waals surface area contributed by atoms with Crippen LogP contribution in [-0.4, -0.2) is 15.9 Å². The number of non-ortho nitro benzene ring substituents is 1. The van der Waals surface area contributed by atoms with Gasteiger partial charge in [0.25, 0.3) is 11.6 Å². The Morgan fingerprint density at radius 1 is 1.08 bits per heavy atom. The van der Waals surface area contributed by atoms with Gasteiger partial charge in [0.05, 0.1) is 10.5 Å². The lowest BCUT2D eigenvalue weighted by Gasteiger charge is -2.22.